The lowest BCUT2D eigenvalue weighted by Crippen LogP contribution is -2.39. The van der Waals surface area contributed by atoms with Crippen LogP contribution < -0.4 is 4.74 Å². The largest absolute Gasteiger partial charge is 0.491 e. The molecule has 0 spiro atoms. The Balaban J connectivity index is 1.53. The number of ether oxygens (including phenoxy) is 2. The lowest BCUT2D eigenvalue weighted by Gasteiger charge is -2.26. The van der Waals surface area contributed by atoms with Gasteiger partial charge in [0.05, 0.1) is 18.9 Å². The highest BCUT2D eigenvalue weighted by Gasteiger charge is 2.22. The number of hydrogen-bond donors (Lipinski definition) is 1. The molecule has 0 saturated carbocycles. The van der Waals surface area contributed by atoms with Gasteiger partial charge in [-0.3, -0.25) is 9.69 Å². The van der Waals surface area contributed by atoms with Crippen molar-refractivity contribution in [3.63, 3.8) is 0 Å². The van der Waals surface area contributed by atoms with Crippen LogP contribution in [0.2, 0.25) is 0 Å². The summed E-state index contributed by atoms with van der Waals surface area (Å²) in [7, 11) is 0. The molecule has 2 aromatic rings. The van der Waals surface area contributed by atoms with Crippen LogP contribution in [-0.4, -0.2) is 54.8 Å². The summed E-state index contributed by atoms with van der Waals surface area (Å²) in [4.78, 5) is 13.0. The van der Waals surface area contributed by atoms with Gasteiger partial charge in [-0.25, -0.2) is 0 Å². The molecule has 0 bridgehead atoms. The SMILES string of the molecule is O=Cc1cccc(OCC(O)CN(Cc2ccco2)CC2CCCO2)c1. The number of rotatable bonds is 10. The van der Waals surface area contributed by atoms with Crippen LogP contribution in [0.3, 0.4) is 0 Å². The fourth-order valence-electron chi connectivity index (χ4n) is 3.12. The van der Waals surface area contributed by atoms with Gasteiger partial charge >= 0.3 is 0 Å². The van der Waals surface area contributed by atoms with Crippen molar-refractivity contribution in [2.24, 2.45) is 0 Å². The predicted octanol–water partition coefficient (Wildman–Crippen LogP) is 2.51. The molecule has 0 aliphatic carbocycles. The molecule has 2 atom stereocenters. The first kappa shape index (κ1) is 18.6. The molecule has 1 saturated heterocycles. The Bertz CT molecular complexity index is 667. The normalized spacial score (nSPS) is 18.2. The first-order valence-electron chi connectivity index (χ1n) is 8.95. The zero-order valence-electron chi connectivity index (χ0n) is 14.8. The molecule has 2 heterocycles. The predicted molar refractivity (Wildman–Crippen MR) is 96.3 cm³/mol. The lowest BCUT2D eigenvalue weighted by molar-refractivity contribution is 0.0290. The molecule has 140 valence electrons. The van der Waals surface area contributed by atoms with E-state index >= 15 is 0 Å². The van der Waals surface area contributed by atoms with Gasteiger partial charge in [-0.15, -0.1) is 0 Å². The molecule has 0 radical (unpaired) electrons. The minimum absolute atomic E-state index is 0.155. The molecule has 1 aliphatic rings. The van der Waals surface area contributed by atoms with Gasteiger partial charge in [0.25, 0.3) is 0 Å². The van der Waals surface area contributed by atoms with E-state index in [9.17, 15) is 9.90 Å². The maximum Gasteiger partial charge on any atom is 0.150 e. The van der Waals surface area contributed by atoms with Crippen LogP contribution in [-0.2, 0) is 11.3 Å². The molecule has 2 unspecified atom stereocenters. The van der Waals surface area contributed by atoms with Crippen LogP contribution in [0.5, 0.6) is 5.75 Å². The Morgan fingerprint density at radius 3 is 3.00 bits per heavy atom. The van der Waals surface area contributed by atoms with Crippen molar-refractivity contribution in [2.45, 2.75) is 31.6 Å². The van der Waals surface area contributed by atoms with Crippen molar-refractivity contribution >= 4 is 6.29 Å². The highest BCUT2D eigenvalue weighted by Crippen LogP contribution is 2.16. The lowest BCUT2D eigenvalue weighted by atomic mass is 10.2. The molecular weight excluding hydrogens is 334 g/mol. The van der Waals surface area contributed by atoms with Crippen LogP contribution in [0.1, 0.15) is 29.0 Å². The van der Waals surface area contributed by atoms with Crippen molar-refractivity contribution in [3.05, 3.63) is 54.0 Å². The van der Waals surface area contributed by atoms with Crippen LogP contribution in [0, 0.1) is 0 Å². The van der Waals surface area contributed by atoms with Crippen LogP contribution in [0.15, 0.2) is 47.1 Å². The van der Waals surface area contributed by atoms with E-state index in [0.29, 0.717) is 24.4 Å². The van der Waals surface area contributed by atoms with Gasteiger partial charge < -0.3 is 19.0 Å². The number of benzene rings is 1. The summed E-state index contributed by atoms with van der Waals surface area (Å²) in [6, 6.07) is 10.7. The van der Waals surface area contributed by atoms with Crippen LogP contribution in [0.25, 0.3) is 0 Å². The molecule has 3 rings (SSSR count). The first-order chi connectivity index (χ1) is 12.7. The highest BCUT2D eigenvalue weighted by molar-refractivity contribution is 5.75. The van der Waals surface area contributed by atoms with Crippen molar-refractivity contribution in [2.75, 3.05) is 26.3 Å². The van der Waals surface area contributed by atoms with Crippen molar-refractivity contribution < 1.29 is 23.8 Å². The minimum atomic E-state index is -0.661. The summed E-state index contributed by atoms with van der Waals surface area (Å²) in [5.41, 5.74) is 0.551. The molecule has 1 aliphatic heterocycles. The van der Waals surface area contributed by atoms with Crippen molar-refractivity contribution in [1.29, 1.82) is 0 Å². The van der Waals surface area contributed by atoms with Gasteiger partial charge in [-0.1, -0.05) is 12.1 Å². The minimum Gasteiger partial charge on any atom is -0.491 e. The third kappa shape index (κ3) is 5.69. The van der Waals surface area contributed by atoms with Crippen LogP contribution >= 0.6 is 0 Å². The summed E-state index contributed by atoms with van der Waals surface area (Å²) in [5, 5.41) is 10.4. The standard InChI is InChI=1S/C20H25NO5/c22-14-16-4-1-5-18(10-16)26-15-17(23)11-21(12-19-6-2-8-24-19)13-20-7-3-9-25-20/h1-2,4-6,8,10,14,17,20,23H,3,7,9,11-13,15H2. The number of hydrogen-bond acceptors (Lipinski definition) is 6. The summed E-state index contributed by atoms with van der Waals surface area (Å²) in [6.07, 6.45) is 4.08. The van der Waals surface area contributed by atoms with E-state index in [-0.39, 0.29) is 12.7 Å². The molecule has 26 heavy (non-hydrogen) atoms. The molecule has 1 aromatic heterocycles. The zero-order chi connectivity index (χ0) is 18.2. The Morgan fingerprint density at radius 2 is 2.27 bits per heavy atom. The first-order valence-corrected chi connectivity index (χ1v) is 8.95. The summed E-state index contributed by atoms with van der Waals surface area (Å²) in [5.74, 6) is 1.43. The monoisotopic (exact) mass is 359 g/mol. The van der Waals surface area contributed by atoms with E-state index in [1.165, 1.54) is 0 Å². The summed E-state index contributed by atoms with van der Waals surface area (Å²) in [6.45, 7) is 2.78. The van der Waals surface area contributed by atoms with E-state index < -0.39 is 6.10 Å². The molecule has 6 heteroatoms. The molecule has 6 nitrogen and oxygen atoms in total. The third-order valence-corrected chi connectivity index (χ3v) is 4.35. The Hall–Kier alpha value is -2.15. The molecular formula is C20H25NO5. The number of carbonyl (C=O) groups excluding carboxylic acids is 1. The average Bonchev–Trinajstić information content (AvgIpc) is 3.34. The molecule has 0 amide bonds. The van der Waals surface area contributed by atoms with Gasteiger partial charge in [0, 0.05) is 25.3 Å². The van der Waals surface area contributed by atoms with E-state index in [2.05, 4.69) is 4.90 Å². The topological polar surface area (TPSA) is 72.1 Å². The highest BCUT2D eigenvalue weighted by atomic mass is 16.5. The quantitative estimate of drug-likeness (QED) is 0.657. The second-order valence-electron chi connectivity index (χ2n) is 6.56. The van der Waals surface area contributed by atoms with Gasteiger partial charge in [0.15, 0.2) is 0 Å². The fraction of sp³-hybridized carbons (Fsp3) is 0.450. The van der Waals surface area contributed by atoms with E-state index in [0.717, 1.165) is 38.0 Å². The number of aliphatic hydroxyl groups excluding tert-OH is 1. The summed E-state index contributed by atoms with van der Waals surface area (Å²) < 4.78 is 16.8. The van der Waals surface area contributed by atoms with Gasteiger partial charge in [-0.2, -0.15) is 0 Å². The number of carbonyl (C=O) groups is 1. The maximum absolute atomic E-state index is 10.8. The Labute approximate surface area is 153 Å². The zero-order valence-corrected chi connectivity index (χ0v) is 14.8. The fourth-order valence-corrected chi connectivity index (χ4v) is 3.12. The maximum atomic E-state index is 10.8. The smallest absolute Gasteiger partial charge is 0.150 e. The van der Waals surface area contributed by atoms with Gasteiger partial charge in [-0.05, 0) is 37.1 Å². The third-order valence-electron chi connectivity index (χ3n) is 4.35. The molecule has 1 N–H and O–H groups in total. The number of aliphatic hydroxyl groups is 1. The van der Waals surface area contributed by atoms with E-state index in [4.69, 9.17) is 13.9 Å². The Morgan fingerprint density at radius 1 is 1.35 bits per heavy atom. The van der Waals surface area contributed by atoms with E-state index in [1.807, 2.05) is 12.1 Å². The van der Waals surface area contributed by atoms with Gasteiger partial charge in [0.2, 0.25) is 0 Å². The van der Waals surface area contributed by atoms with E-state index in [1.54, 1.807) is 30.5 Å². The number of nitrogens with zero attached hydrogens (tertiary/aromatic N) is 1. The Kier molecular flexibility index (Phi) is 6.82. The van der Waals surface area contributed by atoms with Crippen molar-refractivity contribution in [3.8, 4) is 5.75 Å². The average molecular weight is 359 g/mol. The molecule has 1 fully saturated rings. The van der Waals surface area contributed by atoms with Crippen LogP contribution in [0.4, 0.5) is 0 Å². The summed E-state index contributed by atoms with van der Waals surface area (Å²) >= 11 is 0. The van der Waals surface area contributed by atoms with Crippen molar-refractivity contribution in [1.82, 2.24) is 4.90 Å². The van der Waals surface area contributed by atoms with Gasteiger partial charge in [0.1, 0.15) is 30.5 Å². The molecule has 1 aromatic carbocycles. The number of furan rings is 1. The second kappa shape index (κ2) is 9.52. The second-order valence-corrected chi connectivity index (χ2v) is 6.56. The number of aldehydes is 1.